The number of para-hydroxylation sites is 1. The van der Waals surface area contributed by atoms with Crippen LogP contribution in [-0.4, -0.2) is 41.6 Å². The number of phenolic OH excluding ortho intramolecular Hbond substituents is 1. The number of carbonyl (C=O) groups excluding carboxylic acids is 1. The maximum absolute atomic E-state index is 12.2. The summed E-state index contributed by atoms with van der Waals surface area (Å²) in [5.41, 5.74) is 4.37. The normalized spacial score (nSPS) is 10.7. The van der Waals surface area contributed by atoms with Gasteiger partial charge in [0.25, 0.3) is 5.91 Å². The molecule has 3 N–H and O–H groups in total. The molecule has 1 aromatic heterocycles. The highest BCUT2D eigenvalue weighted by Gasteiger charge is 2.14. The molecule has 1 amide bonds. The van der Waals surface area contributed by atoms with Crippen molar-refractivity contribution in [2.45, 2.75) is 0 Å². The van der Waals surface area contributed by atoms with Gasteiger partial charge in [-0.05, 0) is 30.3 Å². The number of nitrogens with zero attached hydrogens (tertiary/aromatic N) is 2. The van der Waals surface area contributed by atoms with Crippen LogP contribution < -0.4 is 14.9 Å². The third-order valence-electron chi connectivity index (χ3n) is 3.81. The van der Waals surface area contributed by atoms with Crippen LogP contribution in [0.4, 0.5) is 0 Å². The molecule has 0 aliphatic heterocycles. The molecule has 0 saturated carbocycles. The number of hydrazone groups is 1. The highest BCUT2D eigenvalue weighted by Crippen LogP contribution is 2.32. The van der Waals surface area contributed by atoms with Crippen molar-refractivity contribution >= 4 is 12.1 Å². The van der Waals surface area contributed by atoms with E-state index in [1.165, 1.54) is 12.3 Å². The molecule has 0 saturated heterocycles. The van der Waals surface area contributed by atoms with Crippen molar-refractivity contribution in [1.29, 1.82) is 0 Å². The number of methoxy groups -OCH3 is 2. The Labute approximate surface area is 155 Å². The van der Waals surface area contributed by atoms with Gasteiger partial charge in [-0.15, -0.1) is 0 Å². The number of benzene rings is 2. The molecule has 0 bridgehead atoms. The van der Waals surface area contributed by atoms with Crippen molar-refractivity contribution in [1.82, 2.24) is 15.6 Å². The predicted octanol–water partition coefficient (Wildman–Crippen LogP) is 2.56. The average Bonchev–Trinajstić information content (AvgIpc) is 3.19. The monoisotopic (exact) mass is 366 g/mol. The molecule has 2 aromatic carbocycles. The van der Waals surface area contributed by atoms with E-state index >= 15 is 0 Å². The van der Waals surface area contributed by atoms with Crippen LogP contribution >= 0.6 is 0 Å². The Balaban J connectivity index is 1.74. The van der Waals surface area contributed by atoms with Crippen LogP contribution in [0.2, 0.25) is 0 Å². The van der Waals surface area contributed by atoms with Gasteiger partial charge < -0.3 is 14.6 Å². The van der Waals surface area contributed by atoms with Crippen LogP contribution in [0.5, 0.6) is 17.2 Å². The first-order valence-corrected chi connectivity index (χ1v) is 8.01. The average molecular weight is 366 g/mol. The predicted molar refractivity (Wildman–Crippen MR) is 100 cm³/mol. The molecule has 0 spiro atoms. The number of aromatic nitrogens is 2. The standard InChI is InChI=1S/C19H18N4O4/c1-26-13-7-8-14(18(9-13)27-2)15-10-16(22-21-15)19(25)23-20-11-12-5-3-4-6-17(12)24/h3-11,24H,1-2H3,(H,21,22)(H,23,25)/b20-11-. The number of rotatable bonds is 6. The van der Waals surface area contributed by atoms with Gasteiger partial charge in [-0.25, -0.2) is 5.43 Å². The molecular formula is C19H18N4O4. The number of carbonyl (C=O) groups is 1. The Kier molecular flexibility index (Phi) is 5.36. The summed E-state index contributed by atoms with van der Waals surface area (Å²) in [5.74, 6) is 0.840. The van der Waals surface area contributed by atoms with E-state index in [4.69, 9.17) is 9.47 Å². The molecule has 0 unspecified atom stereocenters. The van der Waals surface area contributed by atoms with Gasteiger partial charge in [0.2, 0.25) is 0 Å². The Morgan fingerprint density at radius 2 is 2.00 bits per heavy atom. The van der Waals surface area contributed by atoms with Gasteiger partial charge in [0, 0.05) is 17.2 Å². The number of nitrogens with one attached hydrogen (secondary N) is 2. The van der Waals surface area contributed by atoms with Crippen LogP contribution in [0.15, 0.2) is 53.6 Å². The molecule has 8 nitrogen and oxygen atoms in total. The lowest BCUT2D eigenvalue weighted by molar-refractivity contribution is 0.0950. The van der Waals surface area contributed by atoms with E-state index in [0.717, 1.165) is 0 Å². The first-order valence-electron chi connectivity index (χ1n) is 8.01. The third-order valence-corrected chi connectivity index (χ3v) is 3.81. The molecule has 3 rings (SSSR count). The van der Waals surface area contributed by atoms with Gasteiger partial charge in [-0.1, -0.05) is 12.1 Å². The van der Waals surface area contributed by atoms with Crippen LogP contribution in [-0.2, 0) is 0 Å². The molecule has 138 valence electrons. The topological polar surface area (TPSA) is 109 Å². The van der Waals surface area contributed by atoms with Crippen molar-refractivity contribution in [3.05, 3.63) is 59.8 Å². The first-order chi connectivity index (χ1) is 13.1. The van der Waals surface area contributed by atoms with Gasteiger partial charge in [0.1, 0.15) is 22.9 Å². The lowest BCUT2D eigenvalue weighted by Gasteiger charge is -2.08. The maximum atomic E-state index is 12.2. The number of aromatic amines is 1. The summed E-state index contributed by atoms with van der Waals surface area (Å²) in [5, 5.41) is 20.3. The zero-order valence-corrected chi connectivity index (χ0v) is 14.8. The minimum atomic E-state index is -0.465. The maximum Gasteiger partial charge on any atom is 0.289 e. The van der Waals surface area contributed by atoms with Crippen LogP contribution in [0, 0.1) is 0 Å². The van der Waals surface area contributed by atoms with E-state index < -0.39 is 5.91 Å². The SMILES string of the molecule is COc1ccc(-c2cc(C(=O)N/N=C\c3ccccc3O)[nH]n2)c(OC)c1. The van der Waals surface area contributed by atoms with E-state index in [1.54, 1.807) is 56.7 Å². The molecule has 0 aliphatic carbocycles. The van der Waals surface area contributed by atoms with Gasteiger partial charge >= 0.3 is 0 Å². The van der Waals surface area contributed by atoms with Gasteiger partial charge in [-0.2, -0.15) is 10.2 Å². The fourth-order valence-electron chi connectivity index (χ4n) is 2.40. The Morgan fingerprint density at radius 3 is 2.74 bits per heavy atom. The minimum Gasteiger partial charge on any atom is -0.507 e. The van der Waals surface area contributed by atoms with Gasteiger partial charge in [0.05, 0.1) is 26.1 Å². The van der Waals surface area contributed by atoms with E-state index in [-0.39, 0.29) is 11.4 Å². The molecule has 0 aliphatic rings. The summed E-state index contributed by atoms with van der Waals surface area (Å²) in [6.07, 6.45) is 1.36. The van der Waals surface area contributed by atoms with E-state index in [9.17, 15) is 9.90 Å². The molecule has 0 fully saturated rings. The fraction of sp³-hybridized carbons (Fsp3) is 0.105. The molecule has 1 heterocycles. The Hall–Kier alpha value is -3.81. The van der Waals surface area contributed by atoms with Crippen LogP contribution in [0.3, 0.4) is 0 Å². The summed E-state index contributed by atoms with van der Waals surface area (Å²) in [7, 11) is 3.12. The lowest BCUT2D eigenvalue weighted by atomic mass is 10.1. The van der Waals surface area contributed by atoms with Crippen molar-refractivity contribution in [2.24, 2.45) is 5.10 Å². The molecule has 27 heavy (non-hydrogen) atoms. The largest absolute Gasteiger partial charge is 0.507 e. The zero-order valence-electron chi connectivity index (χ0n) is 14.8. The molecular weight excluding hydrogens is 348 g/mol. The summed E-state index contributed by atoms with van der Waals surface area (Å²) < 4.78 is 10.5. The van der Waals surface area contributed by atoms with Gasteiger partial charge in [-0.3, -0.25) is 9.89 Å². The second-order valence-electron chi connectivity index (χ2n) is 5.49. The highest BCUT2D eigenvalue weighted by molar-refractivity contribution is 5.94. The number of ether oxygens (including phenoxy) is 2. The van der Waals surface area contributed by atoms with Crippen molar-refractivity contribution in [3.8, 4) is 28.5 Å². The fourth-order valence-corrected chi connectivity index (χ4v) is 2.40. The van der Waals surface area contributed by atoms with Crippen molar-refractivity contribution in [2.75, 3.05) is 14.2 Å². The number of hydrogen-bond acceptors (Lipinski definition) is 6. The smallest absolute Gasteiger partial charge is 0.289 e. The molecule has 0 atom stereocenters. The number of H-pyrrole nitrogens is 1. The van der Waals surface area contributed by atoms with Crippen LogP contribution in [0.1, 0.15) is 16.1 Å². The first kappa shape index (κ1) is 18.0. The second kappa shape index (κ2) is 8.05. The van der Waals surface area contributed by atoms with Crippen LogP contribution in [0.25, 0.3) is 11.3 Å². The molecule has 3 aromatic rings. The summed E-state index contributed by atoms with van der Waals surface area (Å²) in [4.78, 5) is 12.2. The van der Waals surface area contributed by atoms with Crippen molar-refractivity contribution < 1.29 is 19.4 Å². The summed E-state index contributed by atoms with van der Waals surface area (Å²) in [6, 6.07) is 13.6. The summed E-state index contributed by atoms with van der Waals surface area (Å²) >= 11 is 0. The highest BCUT2D eigenvalue weighted by atomic mass is 16.5. The number of phenols is 1. The quantitative estimate of drug-likeness (QED) is 0.459. The van der Waals surface area contributed by atoms with Gasteiger partial charge in [0.15, 0.2) is 0 Å². The van der Waals surface area contributed by atoms with E-state index in [2.05, 4.69) is 20.7 Å². The second-order valence-corrected chi connectivity index (χ2v) is 5.49. The minimum absolute atomic E-state index is 0.0749. The number of hydrogen-bond donors (Lipinski definition) is 3. The summed E-state index contributed by atoms with van der Waals surface area (Å²) in [6.45, 7) is 0. The Bertz CT molecular complexity index is 981. The van der Waals surface area contributed by atoms with E-state index in [1.807, 2.05) is 0 Å². The van der Waals surface area contributed by atoms with Crippen molar-refractivity contribution in [3.63, 3.8) is 0 Å². The molecule has 0 radical (unpaired) electrons. The number of aromatic hydroxyl groups is 1. The lowest BCUT2D eigenvalue weighted by Crippen LogP contribution is -2.18. The van der Waals surface area contributed by atoms with E-state index in [0.29, 0.717) is 28.3 Å². The molecule has 8 heteroatoms. The third kappa shape index (κ3) is 4.06. The number of amides is 1. The zero-order chi connectivity index (χ0) is 19.2. The Morgan fingerprint density at radius 1 is 1.19 bits per heavy atom.